The van der Waals surface area contributed by atoms with Gasteiger partial charge in [-0.3, -0.25) is 0 Å². The van der Waals surface area contributed by atoms with E-state index < -0.39 is 17.3 Å². The predicted octanol–water partition coefficient (Wildman–Crippen LogP) is 4.15. The molecule has 0 heterocycles. The minimum atomic E-state index is -1.37. The number of aryl methyl sites for hydroxylation is 1. The van der Waals surface area contributed by atoms with Gasteiger partial charge in [-0.15, -0.1) is 0 Å². The van der Waals surface area contributed by atoms with Crippen molar-refractivity contribution in [2.45, 2.75) is 6.92 Å². The maximum atomic E-state index is 14.1. The zero-order valence-electron chi connectivity index (χ0n) is 9.58. The lowest BCUT2D eigenvalue weighted by atomic mass is 10.0. The van der Waals surface area contributed by atoms with Crippen molar-refractivity contribution in [3.05, 3.63) is 58.4 Å². The van der Waals surface area contributed by atoms with E-state index in [2.05, 4.69) is 0 Å². The third kappa shape index (κ3) is 2.22. The van der Waals surface area contributed by atoms with Gasteiger partial charge in [-0.2, -0.15) is 0 Å². The molecule has 0 atom stereocenters. The fraction of sp³-hybridized carbons (Fsp3) is 0.0714. The summed E-state index contributed by atoms with van der Waals surface area (Å²) in [5, 5.41) is 8.84. The van der Waals surface area contributed by atoms with Gasteiger partial charge in [-0.1, -0.05) is 41.4 Å². The Balaban J connectivity index is 2.62. The van der Waals surface area contributed by atoms with Gasteiger partial charge in [-0.25, -0.2) is 9.18 Å². The molecule has 2 aromatic carbocycles. The van der Waals surface area contributed by atoms with Crippen LogP contribution in [-0.4, -0.2) is 11.1 Å². The van der Waals surface area contributed by atoms with Crippen LogP contribution in [0.25, 0.3) is 11.1 Å². The quantitative estimate of drug-likeness (QED) is 0.885. The fourth-order valence-corrected chi connectivity index (χ4v) is 1.93. The van der Waals surface area contributed by atoms with Crippen molar-refractivity contribution in [2.75, 3.05) is 0 Å². The predicted molar refractivity (Wildman–Crippen MR) is 68.5 cm³/mol. The fourth-order valence-electron chi connectivity index (χ4n) is 1.70. The Morgan fingerprint density at radius 2 is 1.78 bits per heavy atom. The lowest BCUT2D eigenvalue weighted by molar-refractivity contribution is 0.0692. The summed E-state index contributed by atoms with van der Waals surface area (Å²) in [6, 6.07) is 10.0. The van der Waals surface area contributed by atoms with E-state index in [-0.39, 0.29) is 10.6 Å². The van der Waals surface area contributed by atoms with Gasteiger partial charge < -0.3 is 5.11 Å². The first-order chi connectivity index (χ1) is 8.50. The molecular formula is C14H10ClFO2. The topological polar surface area (TPSA) is 37.3 Å². The molecule has 18 heavy (non-hydrogen) atoms. The van der Waals surface area contributed by atoms with E-state index in [0.717, 1.165) is 5.56 Å². The average Bonchev–Trinajstić information content (AvgIpc) is 2.30. The maximum Gasteiger partial charge on any atom is 0.340 e. The number of benzene rings is 2. The Hall–Kier alpha value is -1.87. The third-order valence-electron chi connectivity index (χ3n) is 2.67. The normalized spacial score (nSPS) is 10.4. The van der Waals surface area contributed by atoms with Crippen molar-refractivity contribution >= 4 is 17.6 Å². The first-order valence-corrected chi connectivity index (χ1v) is 5.67. The largest absolute Gasteiger partial charge is 0.478 e. The molecule has 2 rings (SSSR count). The standard InChI is InChI=1S/C14H10ClFO2/c1-8-2-4-9(5-3-8)10-6-7-11(15)12(13(10)16)14(17)18/h2-7H,1H3,(H,17,18). The molecule has 0 saturated heterocycles. The average molecular weight is 265 g/mol. The van der Waals surface area contributed by atoms with Crippen LogP contribution < -0.4 is 0 Å². The first kappa shape index (κ1) is 12.6. The van der Waals surface area contributed by atoms with Crippen molar-refractivity contribution in [1.29, 1.82) is 0 Å². The molecule has 0 amide bonds. The number of carboxylic acids is 1. The second kappa shape index (κ2) is 4.78. The summed E-state index contributed by atoms with van der Waals surface area (Å²) in [5.41, 5.74) is 1.41. The molecule has 0 radical (unpaired) electrons. The molecule has 4 heteroatoms. The molecule has 2 aromatic rings. The molecule has 92 valence electrons. The van der Waals surface area contributed by atoms with E-state index in [4.69, 9.17) is 16.7 Å². The van der Waals surface area contributed by atoms with E-state index in [1.165, 1.54) is 12.1 Å². The number of hydrogen-bond acceptors (Lipinski definition) is 1. The Labute approximate surface area is 109 Å². The van der Waals surface area contributed by atoms with Gasteiger partial charge in [0.1, 0.15) is 11.4 Å². The number of hydrogen-bond donors (Lipinski definition) is 1. The summed E-state index contributed by atoms with van der Waals surface area (Å²) < 4.78 is 14.1. The Bertz CT molecular complexity index is 606. The number of carbonyl (C=O) groups is 1. The molecule has 0 aliphatic heterocycles. The smallest absolute Gasteiger partial charge is 0.340 e. The van der Waals surface area contributed by atoms with Crippen LogP contribution in [-0.2, 0) is 0 Å². The van der Waals surface area contributed by atoms with Crippen molar-refractivity contribution in [3.63, 3.8) is 0 Å². The second-order valence-corrected chi connectivity index (χ2v) is 4.36. The highest BCUT2D eigenvalue weighted by Crippen LogP contribution is 2.29. The molecule has 0 spiro atoms. The highest BCUT2D eigenvalue weighted by Gasteiger charge is 2.19. The molecular weight excluding hydrogens is 255 g/mol. The Kier molecular flexibility index (Phi) is 3.34. The SMILES string of the molecule is Cc1ccc(-c2ccc(Cl)c(C(=O)O)c2F)cc1. The van der Waals surface area contributed by atoms with Gasteiger partial charge in [0.15, 0.2) is 0 Å². The zero-order chi connectivity index (χ0) is 13.3. The lowest BCUT2D eigenvalue weighted by Crippen LogP contribution is -2.03. The monoisotopic (exact) mass is 264 g/mol. The van der Waals surface area contributed by atoms with Crippen molar-refractivity contribution in [2.24, 2.45) is 0 Å². The van der Waals surface area contributed by atoms with E-state index in [0.29, 0.717) is 5.56 Å². The van der Waals surface area contributed by atoms with Gasteiger partial charge in [0.05, 0.1) is 5.02 Å². The summed E-state index contributed by atoms with van der Waals surface area (Å²) in [5.74, 6) is -2.18. The highest BCUT2D eigenvalue weighted by molar-refractivity contribution is 6.33. The molecule has 2 nitrogen and oxygen atoms in total. The number of halogens is 2. The van der Waals surface area contributed by atoms with Gasteiger partial charge in [-0.05, 0) is 24.6 Å². The van der Waals surface area contributed by atoms with E-state index in [1.807, 2.05) is 19.1 Å². The van der Waals surface area contributed by atoms with Gasteiger partial charge in [0, 0.05) is 5.56 Å². The molecule has 0 aromatic heterocycles. The van der Waals surface area contributed by atoms with Crippen LogP contribution in [0.15, 0.2) is 36.4 Å². The summed E-state index contributed by atoms with van der Waals surface area (Å²) in [4.78, 5) is 11.0. The Morgan fingerprint density at radius 1 is 1.17 bits per heavy atom. The van der Waals surface area contributed by atoms with Crippen LogP contribution in [0.2, 0.25) is 5.02 Å². The first-order valence-electron chi connectivity index (χ1n) is 5.29. The minimum Gasteiger partial charge on any atom is -0.478 e. The minimum absolute atomic E-state index is 0.101. The lowest BCUT2D eigenvalue weighted by Gasteiger charge is -2.08. The number of rotatable bonds is 2. The van der Waals surface area contributed by atoms with Gasteiger partial charge in [0.25, 0.3) is 0 Å². The van der Waals surface area contributed by atoms with Crippen LogP contribution in [0.3, 0.4) is 0 Å². The van der Waals surface area contributed by atoms with Crippen LogP contribution in [0.1, 0.15) is 15.9 Å². The molecule has 0 bridgehead atoms. The van der Waals surface area contributed by atoms with E-state index >= 15 is 0 Å². The summed E-state index contributed by atoms with van der Waals surface area (Å²) in [6.07, 6.45) is 0. The van der Waals surface area contributed by atoms with Crippen LogP contribution in [0.4, 0.5) is 4.39 Å². The molecule has 0 saturated carbocycles. The van der Waals surface area contributed by atoms with Crippen LogP contribution in [0.5, 0.6) is 0 Å². The second-order valence-electron chi connectivity index (χ2n) is 3.96. The number of aromatic carboxylic acids is 1. The van der Waals surface area contributed by atoms with Crippen molar-refractivity contribution in [3.8, 4) is 11.1 Å². The van der Waals surface area contributed by atoms with Gasteiger partial charge in [0.2, 0.25) is 0 Å². The summed E-state index contributed by atoms with van der Waals surface area (Å²) in [7, 11) is 0. The van der Waals surface area contributed by atoms with Crippen molar-refractivity contribution < 1.29 is 14.3 Å². The van der Waals surface area contributed by atoms with E-state index in [9.17, 15) is 9.18 Å². The Morgan fingerprint density at radius 3 is 2.33 bits per heavy atom. The molecule has 1 N–H and O–H groups in total. The molecule has 0 fully saturated rings. The molecule has 0 aliphatic rings. The van der Waals surface area contributed by atoms with Crippen LogP contribution >= 0.6 is 11.6 Å². The highest BCUT2D eigenvalue weighted by atomic mass is 35.5. The van der Waals surface area contributed by atoms with E-state index in [1.54, 1.807) is 12.1 Å². The van der Waals surface area contributed by atoms with Gasteiger partial charge >= 0.3 is 5.97 Å². The zero-order valence-corrected chi connectivity index (χ0v) is 10.3. The molecule has 0 aliphatic carbocycles. The third-order valence-corrected chi connectivity index (χ3v) is 2.98. The molecule has 0 unspecified atom stereocenters. The van der Waals surface area contributed by atoms with Crippen molar-refractivity contribution in [1.82, 2.24) is 0 Å². The van der Waals surface area contributed by atoms with Crippen LogP contribution in [0, 0.1) is 12.7 Å². The summed E-state index contributed by atoms with van der Waals surface area (Å²) in [6.45, 7) is 1.92. The number of carboxylic acid groups (broad SMARTS) is 1. The maximum absolute atomic E-state index is 14.1. The summed E-state index contributed by atoms with van der Waals surface area (Å²) >= 11 is 5.69.